The third-order valence-electron chi connectivity index (χ3n) is 2.94. The van der Waals surface area contributed by atoms with Crippen LogP contribution in [-0.4, -0.2) is 15.8 Å². The van der Waals surface area contributed by atoms with Gasteiger partial charge in [-0.1, -0.05) is 0 Å². The molecule has 0 bridgehead atoms. The molecule has 1 aromatic carbocycles. The van der Waals surface area contributed by atoms with Crippen LogP contribution in [0.3, 0.4) is 0 Å². The lowest BCUT2D eigenvalue weighted by Gasteiger charge is -2.10. The molecule has 2 rings (SSSR count). The molecule has 0 aliphatic heterocycles. The normalized spacial score (nSPS) is 12.7. The molecule has 0 aliphatic rings. The van der Waals surface area contributed by atoms with E-state index in [-0.39, 0.29) is 12.1 Å². The highest BCUT2D eigenvalue weighted by Gasteiger charge is 2.15. The van der Waals surface area contributed by atoms with Gasteiger partial charge in [0.05, 0.1) is 12.4 Å². The zero-order valence-corrected chi connectivity index (χ0v) is 12.3. The van der Waals surface area contributed by atoms with Gasteiger partial charge in [0.2, 0.25) is 0 Å². The lowest BCUT2D eigenvalue weighted by Crippen LogP contribution is -2.18. The average Bonchev–Trinajstić information content (AvgIpc) is 2.81. The van der Waals surface area contributed by atoms with Crippen molar-refractivity contribution in [1.29, 1.82) is 0 Å². The molecule has 1 heterocycles. The van der Waals surface area contributed by atoms with Crippen molar-refractivity contribution in [2.24, 2.45) is 5.73 Å². The van der Waals surface area contributed by atoms with Gasteiger partial charge < -0.3 is 10.5 Å². The van der Waals surface area contributed by atoms with Crippen LogP contribution >= 0.6 is 0 Å². The molecule has 0 saturated heterocycles. The fraction of sp³-hybridized carbons (Fsp3) is 0.400. The second kappa shape index (κ2) is 6.22. The quantitative estimate of drug-likeness (QED) is 0.919. The van der Waals surface area contributed by atoms with Crippen molar-refractivity contribution in [3.05, 3.63) is 41.7 Å². The van der Waals surface area contributed by atoms with E-state index in [0.29, 0.717) is 17.7 Å². The summed E-state index contributed by atoms with van der Waals surface area (Å²) in [4.78, 5) is 0. The standard InChI is InChI=1S/C15H19F2N3O/c1-9(2)20-8-12(7-19-20)21-15-13(16)5-11(4-10(3)18)6-14(15)17/h5-10H,4,18H2,1-3H3. The molecule has 2 aromatic rings. The Balaban J connectivity index is 2.23. The molecular weight excluding hydrogens is 276 g/mol. The Hall–Kier alpha value is -1.95. The Kier molecular flexibility index (Phi) is 4.57. The number of ether oxygens (including phenoxy) is 1. The van der Waals surface area contributed by atoms with Gasteiger partial charge in [0.25, 0.3) is 0 Å². The number of benzene rings is 1. The minimum atomic E-state index is -0.747. The molecule has 0 saturated carbocycles. The smallest absolute Gasteiger partial charge is 0.198 e. The molecule has 0 spiro atoms. The van der Waals surface area contributed by atoms with Crippen molar-refractivity contribution in [2.45, 2.75) is 39.3 Å². The Morgan fingerprint density at radius 3 is 2.33 bits per heavy atom. The molecule has 1 atom stereocenters. The molecule has 0 amide bonds. The molecule has 0 aliphatic carbocycles. The van der Waals surface area contributed by atoms with E-state index in [1.807, 2.05) is 13.8 Å². The molecule has 6 heteroatoms. The van der Waals surface area contributed by atoms with E-state index >= 15 is 0 Å². The molecule has 114 valence electrons. The van der Waals surface area contributed by atoms with Crippen molar-refractivity contribution < 1.29 is 13.5 Å². The predicted octanol–water partition coefficient (Wildman–Crippen LogP) is 3.42. The van der Waals surface area contributed by atoms with Crippen molar-refractivity contribution >= 4 is 0 Å². The lowest BCUT2D eigenvalue weighted by atomic mass is 10.1. The summed E-state index contributed by atoms with van der Waals surface area (Å²) < 4.78 is 34.9. The van der Waals surface area contributed by atoms with Crippen LogP contribution in [0.2, 0.25) is 0 Å². The number of aromatic nitrogens is 2. The molecule has 1 aromatic heterocycles. The van der Waals surface area contributed by atoms with Crippen LogP contribution in [0.5, 0.6) is 11.5 Å². The van der Waals surface area contributed by atoms with Crippen LogP contribution in [0.4, 0.5) is 8.78 Å². The van der Waals surface area contributed by atoms with Crippen LogP contribution in [0.15, 0.2) is 24.5 Å². The minimum Gasteiger partial charge on any atom is -0.448 e. The zero-order chi connectivity index (χ0) is 15.6. The lowest BCUT2D eigenvalue weighted by molar-refractivity contribution is 0.405. The summed E-state index contributed by atoms with van der Waals surface area (Å²) in [6, 6.07) is 2.47. The molecule has 0 fully saturated rings. The van der Waals surface area contributed by atoms with E-state index in [9.17, 15) is 8.78 Å². The number of nitrogens with zero attached hydrogens (tertiary/aromatic N) is 2. The summed E-state index contributed by atoms with van der Waals surface area (Å²) in [5.41, 5.74) is 6.13. The van der Waals surface area contributed by atoms with E-state index in [1.54, 1.807) is 17.8 Å². The maximum Gasteiger partial charge on any atom is 0.198 e. The maximum atomic E-state index is 14.0. The van der Waals surface area contributed by atoms with Gasteiger partial charge in [-0.3, -0.25) is 4.68 Å². The number of hydrogen-bond acceptors (Lipinski definition) is 3. The van der Waals surface area contributed by atoms with Gasteiger partial charge in [0.1, 0.15) is 0 Å². The third kappa shape index (κ3) is 3.78. The average molecular weight is 295 g/mol. The topological polar surface area (TPSA) is 53.1 Å². The van der Waals surface area contributed by atoms with Gasteiger partial charge in [-0.25, -0.2) is 8.78 Å². The van der Waals surface area contributed by atoms with Crippen molar-refractivity contribution in [3.8, 4) is 11.5 Å². The number of rotatable bonds is 5. The van der Waals surface area contributed by atoms with Crippen molar-refractivity contribution in [1.82, 2.24) is 9.78 Å². The first-order chi connectivity index (χ1) is 9.86. The van der Waals surface area contributed by atoms with Crippen molar-refractivity contribution in [3.63, 3.8) is 0 Å². The second-order valence-corrected chi connectivity index (χ2v) is 5.42. The summed E-state index contributed by atoms with van der Waals surface area (Å²) in [5.74, 6) is -1.63. The molecule has 4 nitrogen and oxygen atoms in total. The van der Waals surface area contributed by atoms with E-state index in [0.717, 1.165) is 0 Å². The Labute approximate surface area is 122 Å². The molecule has 2 N–H and O–H groups in total. The number of hydrogen-bond donors (Lipinski definition) is 1. The first-order valence-corrected chi connectivity index (χ1v) is 6.82. The van der Waals surface area contributed by atoms with Crippen LogP contribution < -0.4 is 10.5 Å². The van der Waals surface area contributed by atoms with E-state index in [1.165, 1.54) is 18.3 Å². The molecule has 1 unspecified atom stereocenters. The number of nitrogens with two attached hydrogens (primary N) is 1. The van der Waals surface area contributed by atoms with Crippen LogP contribution in [-0.2, 0) is 6.42 Å². The minimum absolute atomic E-state index is 0.144. The van der Waals surface area contributed by atoms with E-state index < -0.39 is 17.4 Å². The molecular formula is C15H19F2N3O. The van der Waals surface area contributed by atoms with E-state index in [4.69, 9.17) is 10.5 Å². The van der Waals surface area contributed by atoms with Gasteiger partial charge in [0.15, 0.2) is 23.1 Å². The third-order valence-corrected chi connectivity index (χ3v) is 2.94. The zero-order valence-electron chi connectivity index (χ0n) is 12.3. The maximum absolute atomic E-state index is 14.0. The van der Waals surface area contributed by atoms with Crippen LogP contribution in [0.1, 0.15) is 32.4 Å². The summed E-state index contributed by atoms with van der Waals surface area (Å²) in [6.07, 6.45) is 3.42. The van der Waals surface area contributed by atoms with E-state index in [2.05, 4.69) is 5.10 Å². The van der Waals surface area contributed by atoms with Gasteiger partial charge in [-0.2, -0.15) is 5.10 Å². The SMILES string of the molecule is CC(N)Cc1cc(F)c(Oc2cnn(C(C)C)c2)c(F)c1. The Morgan fingerprint density at radius 2 is 1.86 bits per heavy atom. The highest BCUT2D eigenvalue weighted by atomic mass is 19.1. The fourth-order valence-corrected chi connectivity index (χ4v) is 1.97. The Bertz CT molecular complexity index is 600. The van der Waals surface area contributed by atoms with Gasteiger partial charge in [0, 0.05) is 12.1 Å². The number of halogens is 2. The second-order valence-electron chi connectivity index (χ2n) is 5.42. The fourth-order valence-electron chi connectivity index (χ4n) is 1.97. The van der Waals surface area contributed by atoms with Crippen molar-refractivity contribution in [2.75, 3.05) is 0 Å². The summed E-state index contributed by atoms with van der Waals surface area (Å²) in [5, 5.41) is 4.06. The van der Waals surface area contributed by atoms with Crippen LogP contribution in [0.25, 0.3) is 0 Å². The largest absolute Gasteiger partial charge is 0.448 e. The first kappa shape index (κ1) is 15.4. The molecule has 21 heavy (non-hydrogen) atoms. The van der Waals surface area contributed by atoms with Gasteiger partial charge in [-0.05, 0) is 44.9 Å². The summed E-state index contributed by atoms with van der Waals surface area (Å²) >= 11 is 0. The Morgan fingerprint density at radius 1 is 1.24 bits per heavy atom. The van der Waals surface area contributed by atoms with Gasteiger partial charge in [-0.15, -0.1) is 0 Å². The van der Waals surface area contributed by atoms with Crippen LogP contribution in [0, 0.1) is 11.6 Å². The summed E-state index contributed by atoms with van der Waals surface area (Å²) in [7, 11) is 0. The summed E-state index contributed by atoms with van der Waals surface area (Å²) in [6.45, 7) is 5.67. The monoisotopic (exact) mass is 295 g/mol. The molecule has 0 radical (unpaired) electrons. The highest BCUT2D eigenvalue weighted by molar-refractivity contribution is 5.35. The highest BCUT2D eigenvalue weighted by Crippen LogP contribution is 2.29. The van der Waals surface area contributed by atoms with Gasteiger partial charge >= 0.3 is 0 Å². The predicted molar refractivity (Wildman–Crippen MR) is 76.4 cm³/mol. The first-order valence-electron chi connectivity index (χ1n) is 6.82.